The van der Waals surface area contributed by atoms with Gasteiger partial charge in [-0.3, -0.25) is 4.79 Å². The third kappa shape index (κ3) is 3.59. The third-order valence-corrected chi connectivity index (χ3v) is 7.48. The molecule has 0 saturated carbocycles. The monoisotopic (exact) mass is 322 g/mol. The summed E-state index contributed by atoms with van der Waals surface area (Å²) in [7, 11) is 0. The zero-order chi connectivity index (χ0) is 14.7. The van der Waals surface area contributed by atoms with E-state index in [1.165, 1.54) is 16.9 Å². The average molecular weight is 322 g/mol. The Morgan fingerprint density at radius 2 is 2.19 bits per heavy atom. The van der Waals surface area contributed by atoms with Gasteiger partial charge in [0.05, 0.1) is 11.9 Å². The fraction of sp³-hybridized carbons (Fsp3) is 0.588. The highest BCUT2D eigenvalue weighted by molar-refractivity contribution is 8.07. The van der Waals surface area contributed by atoms with E-state index in [0.29, 0.717) is 17.5 Å². The molecule has 4 heteroatoms. The third-order valence-electron chi connectivity index (χ3n) is 4.18. The van der Waals surface area contributed by atoms with Crippen LogP contribution in [0.3, 0.4) is 0 Å². The minimum atomic E-state index is 0.214. The van der Waals surface area contributed by atoms with Gasteiger partial charge in [-0.1, -0.05) is 19.1 Å². The van der Waals surface area contributed by atoms with Crippen LogP contribution in [0.1, 0.15) is 30.9 Å². The van der Waals surface area contributed by atoms with Crippen molar-refractivity contribution in [2.75, 3.05) is 18.1 Å². The van der Waals surface area contributed by atoms with Gasteiger partial charge in [0.15, 0.2) is 0 Å². The van der Waals surface area contributed by atoms with Crippen molar-refractivity contribution in [1.29, 1.82) is 0 Å². The number of carbonyl (C=O) groups is 1. The number of hydrogen-bond acceptors (Lipinski definition) is 4. The Hall–Kier alpha value is -0.610. The van der Waals surface area contributed by atoms with Gasteiger partial charge in [0.2, 0.25) is 0 Å². The molecule has 2 nitrogen and oxygen atoms in total. The van der Waals surface area contributed by atoms with E-state index in [1.54, 1.807) is 0 Å². The van der Waals surface area contributed by atoms with E-state index in [9.17, 15) is 4.79 Å². The number of hydrogen-bond donors (Lipinski definition) is 0. The van der Waals surface area contributed by atoms with Gasteiger partial charge in [-0.25, -0.2) is 0 Å². The highest BCUT2D eigenvalue weighted by Crippen LogP contribution is 2.34. The lowest BCUT2D eigenvalue weighted by atomic mass is 10.0. The van der Waals surface area contributed by atoms with Crippen LogP contribution in [0.5, 0.6) is 5.75 Å². The lowest BCUT2D eigenvalue weighted by Crippen LogP contribution is -2.32. The van der Waals surface area contributed by atoms with E-state index in [1.807, 2.05) is 23.5 Å². The van der Waals surface area contributed by atoms with Crippen molar-refractivity contribution in [1.82, 2.24) is 0 Å². The molecule has 0 radical (unpaired) electrons. The first-order valence-electron chi connectivity index (χ1n) is 7.78. The number of rotatable bonds is 5. The van der Waals surface area contributed by atoms with Crippen LogP contribution in [0.2, 0.25) is 0 Å². The number of benzene rings is 1. The Bertz CT molecular complexity index is 516. The second-order valence-electron chi connectivity index (χ2n) is 5.62. The van der Waals surface area contributed by atoms with Crippen molar-refractivity contribution < 1.29 is 9.53 Å². The number of Topliss-reactive ketones (excluding diaryl/α,β-unsaturated/α-hetero) is 1. The van der Waals surface area contributed by atoms with E-state index < -0.39 is 0 Å². The zero-order valence-corrected chi connectivity index (χ0v) is 14.1. The van der Waals surface area contributed by atoms with E-state index in [2.05, 4.69) is 25.1 Å². The first-order valence-corrected chi connectivity index (χ1v) is 9.88. The second kappa shape index (κ2) is 7.10. The molecule has 2 unspecified atom stereocenters. The maximum atomic E-state index is 12.5. The quantitative estimate of drug-likeness (QED) is 0.825. The lowest BCUT2D eigenvalue weighted by molar-refractivity contribution is -0.118. The molecular weight excluding hydrogens is 300 g/mol. The fourth-order valence-corrected chi connectivity index (χ4v) is 6.08. The van der Waals surface area contributed by atoms with E-state index >= 15 is 0 Å². The largest absolute Gasteiger partial charge is 0.493 e. The molecule has 1 fully saturated rings. The molecule has 0 amide bonds. The highest BCUT2D eigenvalue weighted by atomic mass is 32.2. The number of ether oxygens (including phenoxy) is 1. The Morgan fingerprint density at radius 3 is 3.05 bits per heavy atom. The van der Waals surface area contributed by atoms with Gasteiger partial charge >= 0.3 is 0 Å². The van der Waals surface area contributed by atoms with E-state index in [-0.39, 0.29) is 5.25 Å². The molecule has 2 heterocycles. The summed E-state index contributed by atoms with van der Waals surface area (Å²) in [5.74, 6) is 3.78. The van der Waals surface area contributed by atoms with Crippen molar-refractivity contribution in [2.24, 2.45) is 0 Å². The van der Waals surface area contributed by atoms with Crippen molar-refractivity contribution in [3.63, 3.8) is 0 Å². The molecule has 1 aromatic rings. The molecule has 0 bridgehead atoms. The van der Waals surface area contributed by atoms with Gasteiger partial charge in [-0.05, 0) is 30.0 Å². The first kappa shape index (κ1) is 15.3. The summed E-state index contributed by atoms with van der Waals surface area (Å²) in [5.41, 5.74) is 2.57. The molecule has 1 aromatic carbocycles. The number of carbonyl (C=O) groups excluding carboxylic acids is 1. The number of aryl methyl sites for hydroxylation is 1. The number of fused-ring (bicyclic) bond motifs is 1. The van der Waals surface area contributed by atoms with E-state index in [0.717, 1.165) is 37.4 Å². The summed E-state index contributed by atoms with van der Waals surface area (Å²) in [4.78, 5) is 12.5. The van der Waals surface area contributed by atoms with Crippen LogP contribution in [0, 0.1) is 0 Å². The minimum Gasteiger partial charge on any atom is -0.493 e. The van der Waals surface area contributed by atoms with Gasteiger partial charge in [0.25, 0.3) is 0 Å². The summed E-state index contributed by atoms with van der Waals surface area (Å²) in [5, 5.41) is 0.733. The predicted molar refractivity (Wildman–Crippen MR) is 91.8 cm³/mol. The van der Waals surface area contributed by atoms with Gasteiger partial charge < -0.3 is 4.74 Å². The van der Waals surface area contributed by atoms with Crippen LogP contribution < -0.4 is 4.74 Å². The Labute approximate surface area is 135 Å². The normalized spacial score (nSPS) is 24.4. The fourth-order valence-electron chi connectivity index (χ4n) is 3.01. The molecule has 2 atom stereocenters. The maximum Gasteiger partial charge on any atom is 0.147 e. The zero-order valence-electron chi connectivity index (χ0n) is 12.5. The summed E-state index contributed by atoms with van der Waals surface area (Å²) >= 11 is 3.85. The van der Waals surface area contributed by atoms with Crippen molar-refractivity contribution in [3.05, 3.63) is 29.3 Å². The molecule has 3 rings (SSSR count). The van der Waals surface area contributed by atoms with Gasteiger partial charge in [0, 0.05) is 29.6 Å². The Kier molecular flexibility index (Phi) is 5.17. The molecule has 0 aromatic heterocycles. The highest BCUT2D eigenvalue weighted by Gasteiger charge is 2.30. The molecular formula is C17H22O2S2. The summed E-state index contributed by atoms with van der Waals surface area (Å²) in [6.45, 7) is 3.00. The number of thioether (sulfide) groups is 2. The summed E-state index contributed by atoms with van der Waals surface area (Å²) in [6, 6.07) is 6.38. The van der Waals surface area contributed by atoms with Crippen molar-refractivity contribution in [2.45, 2.75) is 43.1 Å². The number of ketones is 1. The second-order valence-corrected chi connectivity index (χ2v) is 8.21. The molecule has 2 aliphatic heterocycles. The van der Waals surface area contributed by atoms with Crippen LogP contribution in [0.25, 0.3) is 0 Å². The predicted octanol–water partition coefficient (Wildman–Crippen LogP) is 3.75. The summed E-state index contributed by atoms with van der Waals surface area (Å²) in [6.07, 6.45) is 3.65. The molecule has 21 heavy (non-hydrogen) atoms. The van der Waals surface area contributed by atoms with Crippen LogP contribution in [-0.2, 0) is 17.6 Å². The van der Waals surface area contributed by atoms with Crippen LogP contribution in [0.15, 0.2) is 18.2 Å². The topological polar surface area (TPSA) is 26.3 Å². The molecule has 0 aliphatic carbocycles. The van der Waals surface area contributed by atoms with Crippen molar-refractivity contribution >= 4 is 29.3 Å². The van der Waals surface area contributed by atoms with E-state index in [4.69, 9.17) is 4.74 Å². The molecule has 0 spiro atoms. The summed E-state index contributed by atoms with van der Waals surface area (Å²) < 4.78 is 5.53. The van der Waals surface area contributed by atoms with Gasteiger partial charge in [-0.2, -0.15) is 11.8 Å². The molecule has 1 saturated heterocycles. The van der Waals surface area contributed by atoms with Crippen LogP contribution >= 0.6 is 23.5 Å². The SMILES string of the molecule is CCC1SCCSC1C(=O)CCc1ccc2c(c1)CCO2. The first-order chi connectivity index (χ1) is 10.3. The van der Waals surface area contributed by atoms with Crippen molar-refractivity contribution in [3.8, 4) is 5.75 Å². The van der Waals surface area contributed by atoms with Crippen LogP contribution in [0.4, 0.5) is 0 Å². The molecule has 2 aliphatic rings. The Morgan fingerprint density at radius 1 is 1.33 bits per heavy atom. The molecule has 114 valence electrons. The average Bonchev–Trinajstić information content (AvgIpc) is 3.00. The van der Waals surface area contributed by atoms with Gasteiger partial charge in [0.1, 0.15) is 11.5 Å². The molecule has 0 N–H and O–H groups in total. The lowest BCUT2D eigenvalue weighted by Gasteiger charge is -2.28. The minimum absolute atomic E-state index is 0.214. The van der Waals surface area contributed by atoms with Gasteiger partial charge in [-0.15, -0.1) is 11.8 Å². The van der Waals surface area contributed by atoms with Crippen LogP contribution in [-0.4, -0.2) is 34.4 Å². The smallest absolute Gasteiger partial charge is 0.147 e. The standard InChI is InChI=1S/C17H22O2S2/c1-2-16-17(21-10-9-20-16)14(18)5-3-12-4-6-15-13(11-12)7-8-19-15/h4,6,11,16-17H,2-3,5,7-10H2,1H3. The maximum absolute atomic E-state index is 12.5. The Balaban J connectivity index is 1.58.